The molecular formula is C11H16N4O4S. The van der Waals surface area contributed by atoms with E-state index in [1.54, 1.807) is 11.7 Å². The van der Waals surface area contributed by atoms with Crippen LogP contribution in [0.2, 0.25) is 0 Å². The van der Waals surface area contributed by atoms with Crippen LogP contribution in [0, 0.1) is 4.77 Å². The molecule has 0 saturated carbocycles. The lowest BCUT2D eigenvalue weighted by Gasteiger charge is -2.06. The van der Waals surface area contributed by atoms with Gasteiger partial charge in [-0.15, -0.1) is 0 Å². The molecule has 8 nitrogen and oxygen atoms in total. The Morgan fingerprint density at radius 2 is 2.25 bits per heavy atom. The van der Waals surface area contributed by atoms with Crippen molar-refractivity contribution in [1.29, 1.82) is 0 Å². The predicted octanol–water partition coefficient (Wildman–Crippen LogP) is 0.910. The minimum absolute atomic E-state index is 0.236. The molecule has 0 atom stereocenters. The second kappa shape index (κ2) is 7.56. The quantitative estimate of drug-likeness (QED) is 0.571. The van der Waals surface area contributed by atoms with Crippen molar-refractivity contribution in [3.63, 3.8) is 0 Å². The van der Waals surface area contributed by atoms with E-state index in [9.17, 15) is 4.79 Å². The number of imidazole rings is 1. The van der Waals surface area contributed by atoms with E-state index >= 15 is 0 Å². The van der Waals surface area contributed by atoms with Crippen molar-refractivity contribution in [3.05, 3.63) is 21.5 Å². The largest absolute Gasteiger partial charge is 0.481 e. The molecule has 0 amide bonds. The van der Waals surface area contributed by atoms with Gasteiger partial charge in [0.2, 0.25) is 0 Å². The molecule has 0 aromatic carbocycles. The van der Waals surface area contributed by atoms with Gasteiger partial charge < -0.3 is 19.4 Å². The lowest BCUT2D eigenvalue weighted by atomic mass is 10.4. The smallest absolute Gasteiger partial charge is 0.300 e. The lowest BCUT2D eigenvalue weighted by Crippen LogP contribution is -2.15. The number of methoxy groups -OCH3 is 1. The number of aromatic nitrogens is 4. The van der Waals surface area contributed by atoms with Crippen LogP contribution in [0.4, 0.5) is 0 Å². The van der Waals surface area contributed by atoms with E-state index in [2.05, 4.69) is 15.0 Å². The van der Waals surface area contributed by atoms with Gasteiger partial charge in [-0.1, -0.05) is 0 Å². The zero-order valence-corrected chi connectivity index (χ0v) is 12.0. The molecule has 0 fully saturated rings. The van der Waals surface area contributed by atoms with Crippen molar-refractivity contribution < 1.29 is 14.6 Å². The monoisotopic (exact) mass is 300 g/mol. The first-order valence-electron chi connectivity index (χ1n) is 5.82. The van der Waals surface area contributed by atoms with Gasteiger partial charge in [-0.25, -0.2) is 4.98 Å². The number of hydrogen-bond acceptors (Lipinski definition) is 5. The van der Waals surface area contributed by atoms with E-state index in [-0.39, 0.29) is 5.56 Å². The molecule has 0 spiro atoms. The van der Waals surface area contributed by atoms with E-state index in [0.717, 1.165) is 13.3 Å². The van der Waals surface area contributed by atoms with E-state index in [4.69, 9.17) is 26.9 Å². The van der Waals surface area contributed by atoms with Gasteiger partial charge in [0.25, 0.3) is 11.5 Å². The Hall–Kier alpha value is -2.00. The molecular weight excluding hydrogens is 284 g/mol. The van der Waals surface area contributed by atoms with Crippen LogP contribution in [0.3, 0.4) is 0 Å². The van der Waals surface area contributed by atoms with Crippen molar-refractivity contribution in [3.8, 4) is 0 Å². The highest BCUT2D eigenvalue weighted by molar-refractivity contribution is 7.71. The van der Waals surface area contributed by atoms with E-state index < -0.39 is 5.97 Å². The van der Waals surface area contributed by atoms with Crippen LogP contribution in [0.25, 0.3) is 11.2 Å². The van der Waals surface area contributed by atoms with Gasteiger partial charge in [-0.05, 0) is 18.6 Å². The van der Waals surface area contributed by atoms with Gasteiger partial charge in [0.15, 0.2) is 10.4 Å². The first-order chi connectivity index (χ1) is 9.47. The van der Waals surface area contributed by atoms with Crippen molar-refractivity contribution in [2.45, 2.75) is 19.9 Å². The Bertz CT molecular complexity index is 684. The van der Waals surface area contributed by atoms with Gasteiger partial charge in [0.05, 0.1) is 6.33 Å². The van der Waals surface area contributed by atoms with Crippen molar-refractivity contribution in [2.75, 3.05) is 13.7 Å². The minimum atomic E-state index is -0.833. The highest BCUT2D eigenvalue weighted by Gasteiger charge is 2.06. The predicted molar refractivity (Wildman–Crippen MR) is 75.3 cm³/mol. The van der Waals surface area contributed by atoms with Crippen LogP contribution < -0.4 is 5.56 Å². The fraction of sp³-hybridized carbons (Fsp3) is 0.455. The molecule has 20 heavy (non-hydrogen) atoms. The summed E-state index contributed by atoms with van der Waals surface area (Å²) in [6.45, 7) is 2.40. The number of aryl methyl sites for hydroxylation is 1. The van der Waals surface area contributed by atoms with Crippen molar-refractivity contribution in [1.82, 2.24) is 19.5 Å². The maximum atomic E-state index is 11.5. The third kappa shape index (κ3) is 4.28. The summed E-state index contributed by atoms with van der Waals surface area (Å²) >= 11 is 5.10. The Labute approximate surface area is 119 Å². The molecule has 0 aliphatic heterocycles. The topological polar surface area (TPSA) is 113 Å². The SMILES string of the molecule is CC(=O)O.COCCCn1c(=S)[nH]c(=O)c2[nH]cnc21. The summed E-state index contributed by atoms with van der Waals surface area (Å²) in [5.41, 5.74) is 0.802. The van der Waals surface area contributed by atoms with Crippen LogP contribution >= 0.6 is 12.2 Å². The zero-order chi connectivity index (χ0) is 15.1. The van der Waals surface area contributed by atoms with Crippen LogP contribution in [0.1, 0.15) is 13.3 Å². The third-order valence-electron chi connectivity index (χ3n) is 2.30. The Morgan fingerprint density at radius 1 is 1.60 bits per heavy atom. The molecule has 0 aliphatic carbocycles. The minimum Gasteiger partial charge on any atom is -0.481 e. The Morgan fingerprint density at radius 3 is 2.85 bits per heavy atom. The fourth-order valence-corrected chi connectivity index (χ4v) is 1.83. The summed E-state index contributed by atoms with van der Waals surface area (Å²) in [6.07, 6.45) is 2.31. The van der Waals surface area contributed by atoms with Crippen molar-refractivity contribution >= 4 is 29.4 Å². The molecule has 0 radical (unpaired) electrons. The molecule has 0 unspecified atom stereocenters. The molecule has 0 bridgehead atoms. The number of carbonyl (C=O) groups is 1. The number of fused-ring (bicyclic) bond motifs is 1. The average molecular weight is 300 g/mol. The average Bonchev–Trinajstić information content (AvgIpc) is 2.82. The highest BCUT2D eigenvalue weighted by atomic mass is 32.1. The van der Waals surface area contributed by atoms with E-state index in [1.165, 1.54) is 6.33 Å². The number of H-pyrrole nitrogens is 2. The van der Waals surface area contributed by atoms with Gasteiger partial charge in [0.1, 0.15) is 5.52 Å². The molecule has 2 heterocycles. The van der Waals surface area contributed by atoms with E-state index in [1.807, 2.05) is 0 Å². The first kappa shape index (κ1) is 16.1. The van der Waals surface area contributed by atoms with Crippen molar-refractivity contribution in [2.24, 2.45) is 0 Å². The van der Waals surface area contributed by atoms with Gasteiger partial charge in [-0.3, -0.25) is 14.6 Å². The fourth-order valence-electron chi connectivity index (χ4n) is 1.56. The van der Waals surface area contributed by atoms with Crippen LogP contribution in [-0.2, 0) is 16.1 Å². The molecule has 9 heteroatoms. The maximum Gasteiger partial charge on any atom is 0.300 e. The molecule has 110 valence electrons. The number of aromatic amines is 2. The Kier molecular flexibility index (Phi) is 6.07. The number of rotatable bonds is 4. The summed E-state index contributed by atoms with van der Waals surface area (Å²) in [5.74, 6) is -0.833. The number of ether oxygens (including phenoxy) is 1. The maximum absolute atomic E-state index is 11.5. The Balaban J connectivity index is 0.000000444. The van der Waals surface area contributed by atoms with Gasteiger partial charge >= 0.3 is 0 Å². The zero-order valence-electron chi connectivity index (χ0n) is 11.2. The van der Waals surface area contributed by atoms with Gasteiger partial charge in [0, 0.05) is 27.2 Å². The lowest BCUT2D eigenvalue weighted by molar-refractivity contribution is -0.134. The number of carboxylic acid groups (broad SMARTS) is 1. The summed E-state index contributed by atoms with van der Waals surface area (Å²) < 4.78 is 7.16. The number of hydrogen-bond donors (Lipinski definition) is 3. The van der Waals surface area contributed by atoms with E-state index in [0.29, 0.717) is 29.1 Å². The summed E-state index contributed by atoms with van der Waals surface area (Å²) in [6, 6.07) is 0. The number of nitrogens with one attached hydrogen (secondary N) is 2. The second-order valence-electron chi connectivity index (χ2n) is 3.88. The molecule has 0 aliphatic rings. The molecule has 0 saturated heterocycles. The molecule has 2 aromatic rings. The number of nitrogens with zero attached hydrogens (tertiary/aromatic N) is 2. The highest BCUT2D eigenvalue weighted by Crippen LogP contribution is 2.05. The van der Waals surface area contributed by atoms with Crippen LogP contribution in [0.15, 0.2) is 11.1 Å². The van der Waals surface area contributed by atoms with Gasteiger partial charge in [-0.2, -0.15) is 0 Å². The summed E-state index contributed by atoms with van der Waals surface area (Å²) in [7, 11) is 1.65. The number of carboxylic acids is 1. The standard InChI is InChI=1S/C9H12N4O2S.C2H4O2/c1-15-4-2-3-13-7-6(10-5-11-7)8(14)12-9(13)16;1-2(3)4/h5H,2-4H2,1H3,(H,10,11)(H,12,14,16);1H3,(H,3,4). The van der Waals surface area contributed by atoms with Crippen LogP contribution in [-0.4, -0.2) is 44.3 Å². The molecule has 2 aromatic heterocycles. The normalized spacial score (nSPS) is 10.1. The first-order valence-corrected chi connectivity index (χ1v) is 6.23. The number of aliphatic carboxylic acids is 1. The summed E-state index contributed by atoms with van der Waals surface area (Å²) in [5, 5.41) is 7.42. The molecule has 3 N–H and O–H groups in total. The molecule has 2 rings (SSSR count). The second-order valence-corrected chi connectivity index (χ2v) is 4.26. The summed E-state index contributed by atoms with van der Waals surface area (Å²) in [4.78, 5) is 30.0. The van der Waals surface area contributed by atoms with Crippen LogP contribution in [0.5, 0.6) is 0 Å². The third-order valence-corrected chi connectivity index (χ3v) is 2.62.